The molecule has 1 aromatic rings. The van der Waals surface area contributed by atoms with Crippen LogP contribution in [0.15, 0.2) is 42.0 Å². The molecule has 0 spiro atoms. The van der Waals surface area contributed by atoms with Crippen molar-refractivity contribution in [2.24, 2.45) is 5.92 Å². The molecule has 30 heavy (non-hydrogen) atoms. The van der Waals surface area contributed by atoms with Crippen molar-refractivity contribution in [1.29, 1.82) is 0 Å². The predicted octanol–water partition coefficient (Wildman–Crippen LogP) is 3.76. The Hall–Kier alpha value is -2.63. The van der Waals surface area contributed by atoms with Gasteiger partial charge in [0.15, 0.2) is 0 Å². The van der Waals surface area contributed by atoms with Crippen LogP contribution in [0.5, 0.6) is 0 Å². The number of carboxylic acid groups (broad SMARTS) is 1. The van der Waals surface area contributed by atoms with Crippen LogP contribution in [0.1, 0.15) is 59.4 Å². The number of aliphatic carboxylic acids is 1. The van der Waals surface area contributed by atoms with Crippen LogP contribution in [0.2, 0.25) is 0 Å². The van der Waals surface area contributed by atoms with Crippen molar-refractivity contribution in [1.82, 2.24) is 10.2 Å². The van der Waals surface area contributed by atoms with Crippen LogP contribution >= 0.6 is 0 Å². The first-order chi connectivity index (χ1) is 14.1. The van der Waals surface area contributed by atoms with Crippen molar-refractivity contribution in [3.63, 3.8) is 0 Å². The monoisotopic (exact) mass is 416 g/mol. The zero-order valence-electron chi connectivity index (χ0n) is 19.1. The summed E-state index contributed by atoms with van der Waals surface area (Å²) in [5, 5.41) is 11.9. The summed E-state index contributed by atoms with van der Waals surface area (Å²) in [5.74, 6) is -1.68. The molecule has 166 valence electrons. The van der Waals surface area contributed by atoms with Gasteiger partial charge in [0.1, 0.15) is 0 Å². The maximum absolute atomic E-state index is 12.9. The zero-order chi connectivity index (χ0) is 22.9. The smallest absolute Gasteiger partial charge is 0.331 e. The van der Waals surface area contributed by atoms with E-state index in [0.717, 1.165) is 12.0 Å². The van der Waals surface area contributed by atoms with Crippen LogP contribution in [0.25, 0.3) is 0 Å². The Morgan fingerprint density at radius 1 is 1.17 bits per heavy atom. The number of nitrogens with zero attached hydrogens (tertiary/aromatic N) is 1. The summed E-state index contributed by atoms with van der Waals surface area (Å²) < 4.78 is 0. The molecule has 2 atom stereocenters. The molecule has 6 nitrogen and oxygen atoms in total. The van der Waals surface area contributed by atoms with Crippen LogP contribution in [0, 0.1) is 5.92 Å². The summed E-state index contributed by atoms with van der Waals surface area (Å²) in [6, 6.07) is 9.57. The van der Waals surface area contributed by atoms with Crippen LogP contribution in [-0.4, -0.2) is 47.4 Å². The quantitative estimate of drug-likeness (QED) is 0.538. The Kier molecular flexibility index (Phi) is 9.76. The van der Waals surface area contributed by atoms with Crippen molar-refractivity contribution in [3.8, 4) is 0 Å². The molecular weight excluding hydrogens is 380 g/mol. The van der Waals surface area contributed by atoms with Gasteiger partial charge in [-0.25, -0.2) is 4.79 Å². The third-order valence-electron chi connectivity index (χ3n) is 5.78. The normalized spacial score (nSPS) is 14.0. The highest BCUT2D eigenvalue weighted by atomic mass is 16.4. The Balaban J connectivity index is 2.85. The summed E-state index contributed by atoms with van der Waals surface area (Å²) in [4.78, 5) is 38.2. The molecule has 0 fully saturated rings. The molecule has 2 amide bonds. The molecule has 0 aliphatic rings. The van der Waals surface area contributed by atoms with Gasteiger partial charge < -0.3 is 15.3 Å². The van der Waals surface area contributed by atoms with E-state index in [2.05, 4.69) is 5.32 Å². The molecule has 0 aromatic heterocycles. The van der Waals surface area contributed by atoms with Gasteiger partial charge in [-0.15, -0.1) is 0 Å². The van der Waals surface area contributed by atoms with Gasteiger partial charge in [-0.3, -0.25) is 9.59 Å². The summed E-state index contributed by atoms with van der Waals surface area (Å²) in [6.45, 7) is 9.44. The second-order valence-electron chi connectivity index (χ2n) is 8.28. The van der Waals surface area contributed by atoms with Crippen LogP contribution in [0.4, 0.5) is 0 Å². The van der Waals surface area contributed by atoms with E-state index < -0.39 is 5.97 Å². The summed E-state index contributed by atoms with van der Waals surface area (Å²) in [7, 11) is 1.64. The van der Waals surface area contributed by atoms with Gasteiger partial charge in [-0.1, -0.05) is 70.5 Å². The first kappa shape index (κ1) is 25.4. The van der Waals surface area contributed by atoms with E-state index >= 15 is 0 Å². The van der Waals surface area contributed by atoms with Crippen molar-refractivity contribution in [3.05, 3.63) is 47.5 Å². The van der Waals surface area contributed by atoms with Crippen molar-refractivity contribution in [2.45, 2.75) is 65.3 Å². The maximum Gasteiger partial charge on any atom is 0.331 e. The average Bonchev–Trinajstić information content (AvgIpc) is 2.71. The summed E-state index contributed by atoms with van der Waals surface area (Å²) >= 11 is 0. The van der Waals surface area contributed by atoms with E-state index in [-0.39, 0.29) is 41.3 Å². The number of benzene rings is 1. The Morgan fingerprint density at radius 3 is 2.27 bits per heavy atom. The summed E-state index contributed by atoms with van der Waals surface area (Å²) in [6.07, 6.45) is 3.70. The fraction of sp³-hybridized carbons (Fsp3) is 0.542. The first-order valence-electron chi connectivity index (χ1n) is 10.6. The van der Waals surface area contributed by atoms with E-state index in [1.54, 1.807) is 13.1 Å². The largest absolute Gasteiger partial charge is 0.478 e. The van der Waals surface area contributed by atoms with E-state index in [4.69, 9.17) is 5.11 Å². The first-order valence-corrected chi connectivity index (χ1v) is 10.6. The molecule has 6 heteroatoms. The molecule has 1 rings (SSSR count). The molecular formula is C24H36N2O4. The lowest BCUT2D eigenvalue weighted by Crippen LogP contribution is -2.47. The number of nitrogens with one attached hydrogen (secondary N) is 1. The van der Waals surface area contributed by atoms with E-state index in [1.807, 2.05) is 58.0 Å². The van der Waals surface area contributed by atoms with Gasteiger partial charge >= 0.3 is 5.97 Å². The fourth-order valence-corrected chi connectivity index (χ4v) is 3.73. The lowest BCUT2D eigenvalue weighted by Gasteiger charge is -2.33. The number of rotatable bonds is 11. The molecule has 0 aliphatic heterocycles. The zero-order valence-corrected chi connectivity index (χ0v) is 19.1. The standard InChI is InChI=1S/C24H36N2O4/c1-7-12-19(15-17(3)23(29)30)26(6)21(27)16-25-22(28)20(8-2)24(4,5)18-13-10-9-11-14-18/h9-11,13-15,19-20H,7-8,12,16H2,1-6H3,(H,25,28)(H,29,30)/b17-15+/t19-,20+/m0/s1. The van der Waals surface area contributed by atoms with E-state index in [1.165, 1.54) is 11.8 Å². The van der Waals surface area contributed by atoms with Gasteiger partial charge in [0.05, 0.1) is 12.6 Å². The number of hydrogen-bond donors (Lipinski definition) is 2. The molecule has 0 unspecified atom stereocenters. The maximum atomic E-state index is 12.9. The third-order valence-corrected chi connectivity index (χ3v) is 5.78. The van der Waals surface area contributed by atoms with Gasteiger partial charge in [0.2, 0.25) is 11.8 Å². The number of hydrogen-bond acceptors (Lipinski definition) is 3. The highest BCUT2D eigenvalue weighted by Crippen LogP contribution is 2.33. The second-order valence-corrected chi connectivity index (χ2v) is 8.28. The highest BCUT2D eigenvalue weighted by molar-refractivity contribution is 5.88. The number of amides is 2. The third kappa shape index (κ3) is 6.71. The second kappa shape index (κ2) is 11.5. The molecule has 2 N–H and O–H groups in total. The van der Waals surface area contributed by atoms with E-state index in [0.29, 0.717) is 12.8 Å². The van der Waals surface area contributed by atoms with Gasteiger partial charge in [-0.2, -0.15) is 0 Å². The van der Waals surface area contributed by atoms with Gasteiger partial charge in [0.25, 0.3) is 0 Å². The van der Waals surface area contributed by atoms with Crippen LogP contribution in [0.3, 0.4) is 0 Å². The topological polar surface area (TPSA) is 86.7 Å². The van der Waals surface area contributed by atoms with Crippen molar-refractivity contribution >= 4 is 17.8 Å². The predicted molar refractivity (Wildman–Crippen MR) is 119 cm³/mol. The molecule has 0 saturated carbocycles. The van der Waals surface area contributed by atoms with Gasteiger partial charge in [0, 0.05) is 24.0 Å². The number of carbonyl (C=O) groups excluding carboxylic acids is 2. The lowest BCUT2D eigenvalue weighted by molar-refractivity contribution is -0.135. The number of likely N-dealkylation sites (N-methyl/N-ethyl adjacent to an activating group) is 1. The Labute approximate surface area is 180 Å². The van der Waals surface area contributed by atoms with E-state index in [9.17, 15) is 14.4 Å². The minimum Gasteiger partial charge on any atom is -0.478 e. The SMILES string of the molecule is CCC[C@@H](/C=C(\C)C(=O)O)N(C)C(=O)CNC(=O)[C@@H](CC)C(C)(C)c1ccccc1. The molecule has 0 radical (unpaired) electrons. The average molecular weight is 417 g/mol. The van der Waals surface area contributed by atoms with Crippen molar-refractivity contribution < 1.29 is 19.5 Å². The minimum absolute atomic E-state index is 0.114. The number of carboxylic acids is 1. The lowest BCUT2D eigenvalue weighted by atomic mass is 9.71. The number of carbonyl (C=O) groups is 3. The fourth-order valence-electron chi connectivity index (χ4n) is 3.73. The molecule has 0 saturated heterocycles. The molecule has 0 heterocycles. The Morgan fingerprint density at radius 2 is 1.77 bits per heavy atom. The van der Waals surface area contributed by atoms with Crippen LogP contribution < -0.4 is 5.32 Å². The summed E-state index contributed by atoms with van der Waals surface area (Å²) in [5.41, 5.74) is 0.904. The van der Waals surface area contributed by atoms with Crippen molar-refractivity contribution in [2.75, 3.05) is 13.6 Å². The highest BCUT2D eigenvalue weighted by Gasteiger charge is 2.35. The molecule has 0 aliphatic carbocycles. The van der Waals surface area contributed by atoms with Gasteiger partial charge in [-0.05, 0) is 25.3 Å². The Bertz CT molecular complexity index is 756. The molecule has 1 aromatic carbocycles. The molecule has 0 bridgehead atoms. The minimum atomic E-state index is -1.00. The van der Waals surface area contributed by atoms with Crippen LogP contribution in [-0.2, 0) is 19.8 Å².